The van der Waals surface area contributed by atoms with Crippen molar-refractivity contribution in [1.82, 2.24) is 20.4 Å². The summed E-state index contributed by atoms with van der Waals surface area (Å²) in [4.78, 5) is 18.5. The molecule has 1 aromatic rings. The number of hydrogen-bond donors (Lipinski definition) is 1. The highest BCUT2D eigenvalue weighted by Crippen LogP contribution is 2.18. The first-order valence-corrected chi connectivity index (χ1v) is 9.22. The summed E-state index contributed by atoms with van der Waals surface area (Å²) in [6.07, 6.45) is 2.60. The van der Waals surface area contributed by atoms with Crippen molar-refractivity contribution in [2.45, 2.75) is 66.0 Å². The maximum atomic E-state index is 11.7. The lowest BCUT2D eigenvalue weighted by atomic mass is 9.97. The lowest BCUT2D eigenvalue weighted by Crippen LogP contribution is -2.40. The summed E-state index contributed by atoms with van der Waals surface area (Å²) in [5.41, 5.74) is -0.452. The molecule has 1 N–H and O–H groups in total. The van der Waals surface area contributed by atoms with E-state index in [0.29, 0.717) is 30.8 Å². The normalized spacial score (nSPS) is 17.0. The van der Waals surface area contributed by atoms with Crippen LogP contribution < -0.4 is 5.32 Å². The van der Waals surface area contributed by atoms with Gasteiger partial charge in [-0.3, -0.25) is 4.90 Å². The maximum Gasteiger partial charge on any atom is 0.407 e. The number of ether oxygens (including phenoxy) is 1. The van der Waals surface area contributed by atoms with Gasteiger partial charge in [-0.05, 0) is 58.5 Å². The van der Waals surface area contributed by atoms with Gasteiger partial charge in [0.1, 0.15) is 5.60 Å². The van der Waals surface area contributed by atoms with Crippen LogP contribution >= 0.6 is 0 Å². The Kier molecular flexibility index (Phi) is 6.81. The van der Waals surface area contributed by atoms with E-state index in [4.69, 9.17) is 9.26 Å². The van der Waals surface area contributed by atoms with E-state index in [9.17, 15) is 4.79 Å². The van der Waals surface area contributed by atoms with Crippen LogP contribution in [0.1, 0.15) is 59.2 Å². The number of carbonyl (C=O) groups excluding carboxylic acids is 1. The minimum atomic E-state index is -0.452. The molecule has 1 fully saturated rings. The number of alkyl carbamates (subject to hydrolysis) is 1. The fourth-order valence-corrected chi connectivity index (χ4v) is 2.88. The van der Waals surface area contributed by atoms with E-state index in [-0.39, 0.29) is 6.09 Å². The number of piperidine rings is 1. The van der Waals surface area contributed by atoms with Crippen molar-refractivity contribution < 1.29 is 14.1 Å². The Morgan fingerprint density at radius 2 is 2.04 bits per heavy atom. The average molecular weight is 352 g/mol. The topological polar surface area (TPSA) is 80.5 Å². The van der Waals surface area contributed by atoms with Gasteiger partial charge in [-0.25, -0.2) is 4.79 Å². The first kappa shape index (κ1) is 19.7. The van der Waals surface area contributed by atoms with Crippen LogP contribution in [0.4, 0.5) is 4.79 Å². The number of nitrogens with zero attached hydrogens (tertiary/aromatic N) is 3. The van der Waals surface area contributed by atoms with Crippen LogP contribution in [-0.2, 0) is 17.7 Å². The highest BCUT2D eigenvalue weighted by molar-refractivity contribution is 5.67. The second-order valence-electron chi connectivity index (χ2n) is 8.30. The van der Waals surface area contributed by atoms with Gasteiger partial charge in [0.15, 0.2) is 5.82 Å². The van der Waals surface area contributed by atoms with Crippen molar-refractivity contribution >= 4 is 6.09 Å². The first-order valence-electron chi connectivity index (χ1n) is 9.22. The molecule has 0 aromatic carbocycles. The summed E-state index contributed by atoms with van der Waals surface area (Å²) in [6.45, 7) is 13.2. The second kappa shape index (κ2) is 8.65. The van der Waals surface area contributed by atoms with Gasteiger partial charge in [0, 0.05) is 13.0 Å². The average Bonchev–Trinajstić information content (AvgIpc) is 2.91. The molecule has 7 nitrogen and oxygen atoms in total. The van der Waals surface area contributed by atoms with Crippen LogP contribution in [-0.4, -0.2) is 46.4 Å². The Morgan fingerprint density at radius 1 is 1.36 bits per heavy atom. The Bertz CT molecular complexity index is 543. The van der Waals surface area contributed by atoms with Crippen LogP contribution in [0.3, 0.4) is 0 Å². The van der Waals surface area contributed by atoms with E-state index in [0.717, 1.165) is 38.2 Å². The summed E-state index contributed by atoms with van der Waals surface area (Å²) < 4.78 is 10.6. The molecule has 0 radical (unpaired) electrons. The third-order valence-electron chi connectivity index (χ3n) is 4.10. The van der Waals surface area contributed by atoms with Gasteiger partial charge in [0.25, 0.3) is 0 Å². The van der Waals surface area contributed by atoms with Crippen LogP contribution in [0, 0.1) is 11.8 Å². The maximum absolute atomic E-state index is 11.7. The molecule has 1 saturated heterocycles. The summed E-state index contributed by atoms with van der Waals surface area (Å²) in [7, 11) is 0. The Labute approximate surface area is 150 Å². The Balaban J connectivity index is 1.67. The monoisotopic (exact) mass is 352 g/mol. The molecule has 0 aliphatic carbocycles. The smallest absolute Gasteiger partial charge is 0.407 e. The number of carbonyl (C=O) groups is 1. The highest BCUT2D eigenvalue weighted by Gasteiger charge is 2.23. The molecular weight excluding hydrogens is 320 g/mol. The number of aromatic nitrogens is 2. The molecule has 142 valence electrons. The van der Waals surface area contributed by atoms with Crippen LogP contribution in [0.25, 0.3) is 0 Å². The van der Waals surface area contributed by atoms with E-state index in [1.165, 1.54) is 0 Å². The Morgan fingerprint density at radius 3 is 2.64 bits per heavy atom. The fourth-order valence-electron chi connectivity index (χ4n) is 2.88. The minimum absolute atomic E-state index is 0.335. The lowest BCUT2D eigenvalue weighted by molar-refractivity contribution is 0.0508. The largest absolute Gasteiger partial charge is 0.444 e. The molecule has 1 aliphatic rings. The van der Waals surface area contributed by atoms with Crippen LogP contribution in [0.5, 0.6) is 0 Å². The molecule has 1 amide bonds. The van der Waals surface area contributed by atoms with Crippen molar-refractivity contribution in [3.05, 3.63) is 11.7 Å². The number of hydrogen-bond acceptors (Lipinski definition) is 6. The van der Waals surface area contributed by atoms with E-state index in [2.05, 4.69) is 34.2 Å². The molecule has 1 aromatic heterocycles. The molecule has 0 atom stereocenters. The molecule has 0 unspecified atom stereocenters. The molecule has 7 heteroatoms. The van der Waals surface area contributed by atoms with Crippen molar-refractivity contribution in [2.75, 3.05) is 19.6 Å². The molecule has 0 spiro atoms. The third-order valence-corrected chi connectivity index (χ3v) is 4.10. The van der Waals surface area contributed by atoms with Crippen LogP contribution in [0.2, 0.25) is 0 Å². The van der Waals surface area contributed by atoms with Gasteiger partial charge in [0.05, 0.1) is 6.54 Å². The van der Waals surface area contributed by atoms with Gasteiger partial charge in [-0.15, -0.1) is 0 Å². The first-order chi connectivity index (χ1) is 11.7. The number of nitrogens with one attached hydrogen (secondary N) is 1. The van der Waals surface area contributed by atoms with E-state index < -0.39 is 5.60 Å². The zero-order chi connectivity index (χ0) is 18.4. The van der Waals surface area contributed by atoms with E-state index in [1.54, 1.807) is 0 Å². The van der Waals surface area contributed by atoms with Gasteiger partial charge in [-0.1, -0.05) is 19.0 Å². The highest BCUT2D eigenvalue weighted by atomic mass is 16.6. The quantitative estimate of drug-likeness (QED) is 0.848. The molecule has 2 rings (SSSR count). The van der Waals surface area contributed by atoms with Gasteiger partial charge in [-0.2, -0.15) is 4.98 Å². The molecule has 2 heterocycles. The number of amides is 1. The number of likely N-dealkylation sites (tertiary alicyclic amines) is 1. The van der Waals surface area contributed by atoms with Gasteiger partial charge in [0.2, 0.25) is 5.89 Å². The molecular formula is C18H32N4O3. The SMILES string of the molecule is CC(C)Cc1noc(CN2CCC(CNC(=O)OC(C)(C)C)CC2)n1. The summed E-state index contributed by atoms with van der Waals surface area (Å²) in [5, 5.41) is 6.92. The summed E-state index contributed by atoms with van der Waals surface area (Å²) >= 11 is 0. The molecule has 25 heavy (non-hydrogen) atoms. The molecule has 0 saturated carbocycles. The Hall–Kier alpha value is -1.63. The minimum Gasteiger partial charge on any atom is -0.444 e. The van der Waals surface area contributed by atoms with Gasteiger partial charge < -0.3 is 14.6 Å². The van der Waals surface area contributed by atoms with Crippen molar-refractivity contribution in [3.8, 4) is 0 Å². The van der Waals surface area contributed by atoms with E-state index in [1.807, 2.05) is 20.8 Å². The molecule has 0 bridgehead atoms. The van der Waals surface area contributed by atoms with Crippen LogP contribution in [0.15, 0.2) is 4.52 Å². The predicted molar refractivity (Wildman–Crippen MR) is 95.1 cm³/mol. The van der Waals surface area contributed by atoms with E-state index >= 15 is 0 Å². The number of rotatable bonds is 6. The summed E-state index contributed by atoms with van der Waals surface area (Å²) in [6, 6.07) is 0. The third kappa shape index (κ3) is 7.42. The molecule has 1 aliphatic heterocycles. The second-order valence-corrected chi connectivity index (χ2v) is 8.30. The lowest BCUT2D eigenvalue weighted by Gasteiger charge is -2.31. The zero-order valence-corrected chi connectivity index (χ0v) is 16.2. The van der Waals surface area contributed by atoms with Crippen molar-refractivity contribution in [2.24, 2.45) is 11.8 Å². The fraction of sp³-hybridized carbons (Fsp3) is 0.833. The van der Waals surface area contributed by atoms with Crippen molar-refractivity contribution in [3.63, 3.8) is 0 Å². The predicted octanol–water partition coefficient (Wildman–Crippen LogP) is 3.00. The zero-order valence-electron chi connectivity index (χ0n) is 16.2. The summed E-state index contributed by atoms with van der Waals surface area (Å²) in [5.74, 6) is 2.50. The van der Waals surface area contributed by atoms with Crippen molar-refractivity contribution in [1.29, 1.82) is 0 Å². The standard InChI is InChI=1S/C18H32N4O3/c1-13(2)10-15-20-16(25-21-15)12-22-8-6-14(7-9-22)11-19-17(23)24-18(3,4)5/h13-14H,6-12H2,1-5H3,(H,19,23). The van der Waals surface area contributed by atoms with Gasteiger partial charge >= 0.3 is 6.09 Å².